The van der Waals surface area contributed by atoms with Gasteiger partial charge in [-0.05, 0) is 45.4 Å². The van der Waals surface area contributed by atoms with Crippen LogP contribution in [0.5, 0.6) is 0 Å². The van der Waals surface area contributed by atoms with E-state index in [0.717, 1.165) is 6.42 Å². The Labute approximate surface area is 127 Å². The molecular formula is C19H36N. The van der Waals surface area contributed by atoms with Crippen LogP contribution in [0.15, 0.2) is 24.3 Å². The highest BCUT2D eigenvalue weighted by Crippen LogP contribution is 2.08. The topological polar surface area (TPSA) is 14.1 Å². The van der Waals surface area contributed by atoms with Gasteiger partial charge in [0.05, 0.1) is 0 Å². The molecule has 20 heavy (non-hydrogen) atoms. The van der Waals surface area contributed by atoms with Crippen LogP contribution in [0.1, 0.15) is 84.5 Å². The van der Waals surface area contributed by atoms with Crippen LogP contribution in [0.25, 0.3) is 0 Å². The van der Waals surface area contributed by atoms with Crippen molar-refractivity contribution in [1.82, 2.24) is 5.32 Å². The highest BCUT2D eigenvalue weighted by molar-refractivity contribution is 4.92. The first kappa shape index (κ1) is 19.4. The average molecular weight is 279 g/mol. The summed E-state index contributed by atoms with van der Waals surface area (Å²) in [7, 11) is 1.92. The maximum Gasteiger partial charge on any atom is 0.0214 e. The number of nitrogens with zero attached hydrogens (tertiary/aromatic N) is 1. The highest BCUT2D eigenvalue weighted by Gasteiger charge is 1.97. The van der Waals surface area contributed by atoms with E-state index in [1.807, 2.05) is 7.05 Å². The Bertz CT molecular complexity index is 230. The molecule has 0 amide bonds. The first-order valence-corrected chi connectivity index (χ1v) is 8.70. The molecule has 0 aromatic rings. The second-order valence-corrected chi connectivity index (χ2v) is 5.77. The molecule has 0 aromatic heterocycles. The Balaban J connectivity index is 3.19. The van der Waals surface area contributed by atoms with Gasteiger partial charge in [-0.2, -0.15) is 0 Å². The van der Waals surface area contributed by atoms with Gasteiger partial charge in [-0.25, -0.2) is 5.32 Å². The maximum atomic E-state index is 4.27. The van der Waals surface area contributed by atoms with E-state index in [1.165, 1.54) is 64.2 Å². The van der Waals surface area contributed by atoms with E-state index in [2.05, 4.69) is 43.5 Å². The van der Waals surface area contributed by atoms with Crippen molar-refractivity contribution in [3.05, 3.63) is 24.3 Å². The lowest BCUT2D eigenvalue weighted by Gasteiger charge is -2.06. The van der Waals surface area contributed by atoms with Crippen molar-refractivity contribution < 1.29 is 0 Å². The molecule has 117 valence electrons. The van der Waals surface area contributed by atoms with Crippen LogP contribution in [0.2, 0.25) is 0 Å². The van der Waals surface area contributed by atoms with Crippen molar-refractivity contribution >= 4 is 0 Å². The molecule has 0 bridgehead atoms. The predicted octanol–water partition coefficient (Wildman–Crippen LogP) is 6.03. The van der Waals surface area contributed by atoms with Gasteiger partial charge in [0.1, 0.15) is 0 Å². The van der Waals surface area contributed by atoms with E-state index >= 15 is 0 Å². The zero-order valence-electron chi connectivity index (χ0n) is 14.1. The largest absolute Gasteiger partial charge is 0.242 e. The molecule has 0 heterocycles. The smallest absolute Gasteiger partial charge is 0.0214 e. The second-order valence-electron chi connectivity index (χ2n) is 5.77. The fourth-order valence-electron chi connectivity index (χ4n) is 2.20. The van der Waals surface area contributed by atoms with E-state index in [4.69, 9.17) is 0 Å². The summed E-state index contributed by atoms with van der Waals surface area (Å²) in [5.41, 5.74) is 0. The standard InChI is InChI=1S/C19H36N/c1-4-5-6-7-8-9-10-11-12-13-14-15-16-17-18-19(2)20-3/h8-9,11-12,19H,4-7,10,13-18H2,1-3H3. The summed E-state index contributed by atoms with van der Waals surface area (Å²) in [5, 5.41) is 4.27. The molecule has 1 nitrogen and oxygen atoms in total. The Morgan fingerprint density at radius 3 is 2.00 bits per heavy atom. The molecule has 0 saturated carbocycles. The number of unbranched alkanes of at least 4 members (excludes halogenated alkanes) is 7. The van der Waals surface area contributed by atoms with Crippen molar-refractivity contribution in [2.24, 2.45) is 0 Å². The van der Waals surface area contributed by atoms with E-state index in [-0.39, 0.29) is 0 Å². The summed E-state index contributed by atoms with van der Waals surface area (Å²) in [6.07, 6.45) is 23.6. The van der Waals surface area contributed by atoms with Gasteiger partial charge < -0.3 is 0 Å². The van der Waals surface area contributed by atoms with Gasteiger partial charge in [-0.1, -0.05) is 63.3 Å². The van der Waals surface area contributed by atoms with Crippen LogP contribution < -0.4 is 5.32 Å². The Morgan fingerprint density at radius 2 is 1.40 bits per heavy atom. The number of hydrogen-bond acceptors (Lipinski definition) is 0. The number of allylic oxidation sites excluding steroid dienone is 4. The summed E-state index contributed by atoms with van der Waals surface area (Å²) in [4.78, 5) is 0. The number of hydrogen-bond donors (Lipinski definition) is 0. The Kier molecular flexibility index (Phi) is 16.0. The summed E-state index contributed by atoms with van der Waals surface area (Å²) in [6, 6.07) is 0.555. The van der Waals surface area contributed by atoms with Crippen molar-refractivity contribution in [2.45, 2.75) is 90.5 Å². The summed E-state index contributed by atoms with van der Waals surface area (Å²) in [5.74, 6) is 0. The van der Waals surface area contributed by atoms with Gasteiger partial charge in [0, 0.05) is 13.1 Å². The zero-order valence-corrected chi connectivity index (χ0v) is 14.1. The van der Waals surface area contributed by atoms with Crippen LogP contribution in [0, 0.1) is 0 Å². The number of rotatable bonds is 14. The van der Waals surface area contributed by atoms with Crippen molar-refractivity contribution in [1.29, 1.82) is 0 Å². The average Bonchev–Trinajstić information content (AvgIpc) is 2.47. The van der Waals surface area contributed by atoms with Crippen molar-refractivity contribution in [3.8, 4) is 0 Å². The fraction of sp³-hybridized carbons (Fsp3) is 0.789. The van der Waals surface area contributed by atoms with Gasteiger partial charge in [-0.15, -0.1) is 0 Å². The van der Waals surface area contributed by atoms with Gasteiger partial charge in [0.15, 0.2) is 0 Å². The molecular weight excluding hydrogens is 242 g/mol. The zero-order chi connectivity index (χ0) is 14.9. The SMILES string of the molecule is CCCCCC=CCC=CCCCCCCC(C)[N]C. The minimum atomic E-state index is 0.555. The second kappa shape index (κ2) is 16.5. The molecule has 0 aromatic carbocycles. The highest BCUT2D eigenvalue weighted by atomic mass is 14.8. The van der Waals surface area contributed by atoms with Crippen LogP contribution in [-0.4, -0.2) is 13.1 Å². The van der Waals surface area contributed by atoms with E-state index in [0.29, 0.717) is 6.04 Å². The summed E-state index contributed by atoms with van der Waals surface area (Å²) >= 11 is 0. The minimum Gasteiger partial charge on any atom is -0.242 e. The van der Waals surface area contributed by atoms with Gasteiger partial charge >= 0.3 is 0 Å². The first-order valence-electron chi connectivity index (χ1n) is 8.70. The molecule has 0 N–H and O–H groups in total. The third-order valence-corrected chi connectivity index (χ3v) is 3.76. The third-order valence-electron chi connectivity index (χ3n) is 3.76. The van der Waals surface area contributed by atoms with Crippen LogP contribution in [-0.2, 0) is 0 Å². The van der Waals surface area contributed by atoms with E-state index in [9.17, 15) is 0 Å². The van der Waals surface area contributed by atoms with Gasteiger partial charge in [0.25, 0.3) is 0 Å². The molecule has 0 saturated heterocycles. The van der Waals surface area contributed by atoms with E-state index in [1.54, 1.807) is 0 Å². The Morgan fingerprint density at radius 1 is 0.800 bits per heavy atom. The molecule has 0 rings (SSSR count). The summed E-state index contributed by atoms with van der Waals surface area (Å²) in [6.45, 7) is 4.46. The lowest BCUT2D eigenvalue weighted by molar-refractivity contribution is 0.508. The van der Waals surface area contributed by atoms with Crippen LogP contribution >= 0.6 is 0 Å². The van der Waals surface area contributed by atoms with Crippen molar-refractivity contribution in [3.63, 3.8) is 0 Å². The van der Waals surface area contributed by atoms with Gasteiger partial charge in [-0.3, -0.25) is 0 Å². The third kappa shape index (κ3) is 15.5. The fourth-order valence-corrected chi connectivity index (χ4v) is 2.20. The first-order chi connectivity index (χ1) is 9.81. The molecule has 0 spiro atoms. The quantitative estimate of drug-likeness (QED) is 0.272. The molecule has 1 atom stereocenters. The molecule has 0 aliphatic rings. The lowest BCUT2D eigenvalue weighted by Crippen LogP contribution is -2.13. The molecule has 0 aliphatic carbocycles. The van der Waals surface area contributed by atoms with Crippen LogP contribution in [0.4, 0.5) is 0 Å². The lowest BCUT2D eigenvalue weighted by atomic mass is 10.1. The molecule has 0 aliphatic heterocycles. The minimum absolute atomic E-state index is 0.555. The molecule has 0 fully saturated rings. The monoisotopic (exact) mass is 278 g/mol. The predicted molar refractivity (Wildman–Crippen MR) is 92.3 cm³/mol. The Hall–Kier alpha value is -0.560. The maximum absolute atomic E-state index is 4.27. The van der Waals surface area contributed by atoms with Crippen LogP contribution in [0.3, 0.4) is 0 Å². The molecule has 1 heteroatoms. The van der Waals surface area contributed by atoms with E-state index < -0.39 is 0 Å². The molecule has 1 radical (unpaired) electrons. The normalized spacial score (nSPS) is 13.6. The molecule has 1 unspecified atom stereocenters. The van der Waals surface area contributed by atoms with Gasteiger partial charge in [0.2, 0.25) is 0 Å². The van der Waals surface area contributed by atoms with Crippen molar-refractivity contribution in [2.75, 3.05) is 7.05 Å². The summed E-state index contributed by atoms with van der Waals surface area (Å²) < 4.78 is 0.